The SMILES string of the molecule is Cc1ccc(-n2nccn2)c(C(=O)N(CC(C)O)[C@@H](C)CN=CC(=CN)c2ccc(F)cc2)c1. The molecule has 2 atom stereocenters. The number of halogens is 1. The average molecular weight is 465 g/mol. The van der Waals surface area contributed by atoms with Gasteiger partial charge in [0.15, 0.2) is 0 Å². The fraction of sp³-hybridized carbons (Fsp3) is 0.280. The number of hydrogen-bond acceptors (Lipinski definition) is 6. The average Bonchev–Trinajstić information content (AvgIpc) is 3.35. The highest BCUT2D eigenvalue weighted by atomic mass is 19.1. The molecule has 178 valence electrons. The van der Waals surface area contributed by atoms with Gasteiger partial charge in [-0.1, -0.05) is 23.8 Å². The number of benzene rings is 2. The van der Waals surface area contributed by atoms with Crippen LogP contribution in [-0.4, -0.2) is 62.4 Å². The van der Waals surface area contributed by atoms with Crippen LogP contribution < -0.4 is 5.73 Å². The molecule has 3 rings (SSSR count). The minimum Gasteiger partial charge on any atom is -0.404 e. The van der Waals surface area contributed by atoms with Gasteiger partial charge in [-0.05, 0) is 50.6 Å². The number of aliphatic hydroxyl groups excluding tert-OH is 1. The van der Waals surface area contributed by atoms with Crippen molar-refractivity contribution >= 4 is 17.7 Å². The number of carbonyl (C=O) groups is 1. The number of aryl methyl sites for hydroxylation is 1. The summed E-state index contributed by atoms with van der Waals surface area (Å²) in [6.07, 6.45) is 5.35. The molecule has 0 aliphatic heterocycles. The molecular weight excluding hydrogens is 435 g/mol. The van der Waals surface area contributed by atoms with Crippen molar-refractivity contribution in [2.45, 2.75) is 32.9 Å². The zero-order valence-corrected chi connectivity index (χ0v) is 19.5. The molecule has 1 aromatic heterocycles. The predicted molar refractivity (Wildman–Crippen MR) is 130 cm³/mol. The summed E-state index contributed by atoms with van der Waals surface area (Å²) in [5.74, 6) is -0.591. The summed E-state index contributed by atoms with van der Waals surface area (Å²) in [6.45, 7) is 5.81. The number of hydrogen-bond donors (Lipinski definition) is 2. The highest BCUT2D eigenvalue weighted by molar-refractivity contribution is 6.09. The maximum absolute atomic E-state index is 13.6. The van der Waals surface area contributed by atoms with Gasteiger partial charge in [0.25, 0.3) is 5.91 Å². The number of nitrogens with two attached hydrogens (primary N) is 1. The number of aliphatic imine (C=N–C) groups is 1. The molecule has 0 spiro atoms. The minimum absolute atomic E-state index is 0.132. The van der Waals surface area contributed by atoms with Gasteiger partial charge < -0.3 is 15.7 Å². The topological polar surface area (TPSA) is 110 Å². The normalized spacial score (nSPS) is 13.7. The monoisotopic (exact) mass is 464 g/mol. The van der Waals surface area contributed by atoms with E-state index in [4.69, 9.17) is 5.73 Å². The molecule has 9 heteroatoms. The van der Waals surface area contributed by atoms with Crippen LogP contribution in [0.15, 0.2) is 66.1 Å². The first-order valence-electron chi connectivity index (χ1n) is 10.9. The van der Waals surface area contributed by atoms with Gasteiger partial charge in [-0.25, -0.2) is 4.39 Å². The highest BCUT2D eigenvalue weighted by Crippen LogP contribution is 2.19. The van der Waals surface area contributed by atoms with Gasteiger partial charge in [0.1, 0.15) is 5.82 Å². The van der Waals surface area contributed by atoms with Crippen molar-refractivity contribution < 1.29 is 14.3 Å². The zero-order chi connectivity index (χ0) is 24.7. The molecule has 0 fully saturated rings. The van der Waals surface area contributed by atoms with E-state index >= 15 is 0 Å². The largest absolute Gasteiger partial charge is 0.404 e. The first-order chi connectivity index (χ1) is 16.3. The van der Waals surface area contributed by atoms with Crippen molar-refractivity contribution in [1.29, 1.82) is 0 Å². The zero-order valence-electron chi connectivity index (χ0n) is 19.5. The van der Waals surface area contributed by atoms with Crippen LogP contribution in [0.25, 0.3) is 11.3 Å². The van der Waals surface area contributed by atoms with E-state index in [9.17, 15) is 14.3 Å². The molecular formula is C25H29FN6O2. The van der Waals surface area contributed by atoms with Crippen LogP contribution >= 0.6 is 0 Å². The molecule has 8 nitrogen and oxygen atoms in total. The number of carbonyl (C=O) groups excluding carboxylic acids is 1. The van der Waals surface area contributed by atoms with Gasteiger partial charge in [0.05, 0.1) is 36.3 Å². The Morgan fingerprint density at radius 2 is 1.88 bits per heavy atom. The number of nitrogens with zero attached hydrogens (tertiary/aromatic N) is 5. The summed E-state index contributed by atoms with van der Waals surface area (Å²) < 4.78 is 13.2. The van der Waals surface area contributed by atoms with Crippen molar-refractivity contribution in [1.82, 2.24) is 19.9 Å². The van der Waals surface area contributed by atoms with Crippen molar-refractivity contribution in [3.8, 4) is 5.69 Å². The molecule has 34 heavy (non-hydrogen) atoms. The van der Waals surface area contributed by atoms with E-state index in [0.29, 0.717) is 16.8 Å². The smallest absolute Gasteiger partial charge is 0.256 e. The quantitative estimate of drug-likeness (QED) is 0.473. The summed E-state index contributed by atoms with van der Waals surface area (Å²) >= 11 is 0. The summed E-state index contributed by atoms with van der Waals surface area (Å²) in [5.41, 5.74) is 8.99. The van der Waals surface area contributed by atoms with E-state index in [1.165, 1.54) is 23.1 Å². The van der Waals surface area contributed by atoms with Gasteiger partial charge in [0.2, 0.25) is 0 Å². The van der Waals surface area contributed by atoms with E-state index in [-0.39, 0.29) is 30.9 Å². The van der Waals surface area contributed by atoms with Gasteiger partial charge in [-0.15, -0.1) is 0 Å². The molecule has 3 aromatic rings. The Kier molecular flexibility index (Phi) is 8.26. The third kappa shape index (κ3) is 6.14. The van der Waals surface area contributed by atoms with E-state index in [1.54, 1.807) is 54.7 Å². The Balaban J connectivity index is 1.83. The van der Waals surface area contributed by atoms with E-state index in [2.05, 4.69) is 15.2 Å². The molecule has 1 amide bonds. The summed E-state index contributed by atoms with van der Waals surface area (Å²) in [7, 11) is 0. The molecule has 3 N–H and O–H groups in total. The van der Waals surface area contributed by atoms with Gasteiger partial charge >= 0.3 is 0 Å². The molecule has 1 unspecified atom stereocenters. The van der Waals surface area contributed by atoms with Crippen molar-refractivity contribution in [3.05, 3.63) is 83.6 Å². The van der Waals surface area contributed by atoms with Crippen LogP contribution in [0.1, 0.15) is 35.3 Å². The lowest BCUT2D eigenvalue weighted by atomic mass is 10.1. The Labute approximate surface area is 198 Å². The van der Waals surface area contributed by atoms with E-state index in [0.717, 1.165) is 11.1 Å². The molecule has 0 radical (unpaired) electrons. The van der Waals surface area contributed by atoms with E-state index in [1.807, 2.05) is 19.9 Å². The summed E-state index contributed by atoms with van der Waals surface area (Å²) in [5, 5.41) is 18.4. The van der Waals surface area contributed by atoms with Crippen LogP contribution in [0.4, 0.5) is 4.39 Å². The van der Waals surface area contributed by atoms with E-state index < -0.39 is 6.10 Å². The number of amides is 1. The van der Waals surface area contributed by atoms with Crippen LogP contribution in [0.5, 0.6) is 0 Å². The number of aliphatic hydroxyl groups is 1. The summed E-state index contributed by atoms with van der Waals surface area (Å²) in [4.78, 5) is 21.1. The lowest BCUT2D eigenvalue weighted by Crippen LogP contribution is -2.44. The van der Waals surface area contributed by atoms with Gasteiger partial charge in [-0.3, -0.25) is 9.79 Å². The molecule has 0 saturated heterocycles. The third-order valence-electron chi connectivity index (χ3n) is 5.23. The second kappa shape index (κ2) is 11.3. The maximum atomic E-state index is 13.6. The standard InChI is InChI=1S/C25H29FN6O2/c1-17-4-9-24(32-29-10-11-30-32)23(12-17)25(34)31(16-19(3)33)18(2)14-28-15-21(13-27)20-5-7-22(26)8-6-20/h4-13,15,18-19,33H,14,16,27H2,1-3H3/t18-,19?/m0/s1. The molecule has 2 aromatic carbocycles. The highest BCUT2D eigenvalue weighted by Gasteiger charge is 2.26. The second-order valence-electron chi connectivity index (χ2n) is 8.12. The fourth-order valence-corrected chi connectivity index (χ4v) is 3.50. The summed E-state index contributed by atoms with van der Waals surface area (Å²) in [6, 6.07) is 11.1. The Hall–Kier alpha value is -3.85. The number of rotatable bonds is 9. The first kappa shape index (κ1) is 24.8. The molecule has 0 saturated carbocycles. The second-order valence-corrected chi connectivity index (χ2v) is 8.12. The third-order valence-corrected chi connectivity index (χ3v) is 5.23. The van der Waals surface area contributed by atoms with Gasteiger partial charge in [0, 0.05) is 30.6 Å². The maximum Gasteiger partial charge on any atom is 0.256 e. The fourth-order valence-electron chi connectivity index (χ4n) is 3.50. The Bertz CT molecular complexity index is 1160. The Morgan fingerprint density at radius 3 is 2.50 bits per heavy atom. The Morgan fingerprint density at radius 1 is 1.21 bits per heavy atom. The minimum atomic E-state index is -0.731. The van der Waals surface area contributed by atoms with Crippen LogP contribution in [0, 0.1) is 12.7 Å². The molecule has 0 aliphatic carbocycles. The van der Waals surface area contributed by atoms with Crippen molar-refractivity contribution in [2.75, 3.05) is 13.1 Å². The van der Waals surface area contributed by atoms with Crippen LogP contribution in [-0.2, 0) is 0 Å². The molecule has 0 aliphatic rings. The number of aromatic nitrogens is 3. The van der Waals surface area contributed by atoms with Crippen LogP contribution in [0.2, 0.25) is 0 Å². The molecule has 0 bridgehead atoms. The van der Waals surface area contributed by atoms with Crippen molar-refractivity contribution in [3.63, 3.8) is 0 Å². The predicted octanol–water partition coefficient (Wildman–Crippen LogP) is 3.00. The lowest BCUT2D eigenvalue weighted by Gasteiger charge is -2.30. The van der Waals surface area contributed by atoms with Gasteiger partial charge in [-0.2, -0.15) is 15.0 Å². The first-order valence-corrected chi connectivity index (χ1v) is 10.9. The lowest BCUT2D eigenvalue weighted by molar-refractivity contribution is 0.0568. The molecule has 1 heterocycles. The number of allylic oxidation sites excluding steroid dienone is 1. The van der Waals surface area contributed by atoms with Crippen LogP contribution in [0.3, 0.4) is 0 Å². The van der Waals surface area contributed by atoms with Crippen molar-refractivity contribution in [2.24, 2.45) is 10.7 Å².